The van der Waals surface area contributed by atoms with Gasteiger partial charge in [0.25, 0.3) is 0 Å². The molecule has 0 aromatic carbocycles. The highest BCUT2D eigenvalue weighted by Gasteiger charge is 2.20. The molecule has 0 heterocycles. The zero-order valence-corrected chi connectivity index (χ0v) is 10.2. The third-order valence-corrected chi connectivity index (χ3v) is 1.94. The fourth-order valence-electron chi connectivity index (χ4n) is 0.964. The molecule has 0 radical (unpaired) electrons. The number of ether oxygens (including phenoxy) is 1. The Balaban J connectivity index is 3.92. The lowest BCUT2D eigenvalue weighted by Crippen LogP contribution is -2.35. The summed E-state index contributed by atoms with van der Waals surface area (Å²) in [6.45, 7) is 2.16. The van der Waals surface area contributed by atoms with Gasteiger partial charge in [-0.1, -0.05) is 13.3 Å². The summed E-state index contributed by atoms with van der Waals surface area (Å²) in [5.74, 6) is -1.94. The minimum Gasteiger partial charge on any atom is -0.479 e. The van der Waals surface area contributed by atoms with Crippen LogP contribution >= 0.6 is 0 Å². The highest BCUT2D eigenvalue weighted by atomic mass is 16.7. The van der Waals surface area contributed by atoms with Gasteiger partial charge in [-0.25, -0.2) is 9.59 Å². The van der Waals surface area contributed by atoms with Gasteiger partial charge in [-0.05, 0) is 12.8 Å². The average Bonchev–Trinajstić information content (AvgIpc) is 2.28. The molecule has 18 heavy (non-hydrogen) atoms. The molecular formula is C10H18N2O6. The van der Waals surface area contributed by atoms with Crippen LogP contribution in [0.4, 0.5) is 4.79 Å². The molecule has 8 nitrogen and oxygen atoms in total. The number of aliphatic carboxylic acids is 1. The first-order valence-corrected chi connectivity index (χ1v) is 5.56. The second-order valence-electron chi connectivity index (χ2n) is 3.54. The highest BCUT2D eigenvalue weighted by Crippen LogP contribution is 2.01. The van der Waals surface area contributed by atoms with Crippen molar-refractivity contribution in [3.05, 3.63) is 0 Å². The van der Waals surface area contributed by atoms with Gasteiger partial charge in [0, 0.05) is 6.42 Å². The fraction of sp³-hybridized carbons (Fsp3) is 0.700. The van der Waals surface area contributed by atoms with E-state index in [-0.39, 0.29) is 19.4 Å². The molecule has 0 rings (SSSR count). The van der Waals surface area contributed by atoms with Gasteiger partial charge in [0.15, 0.2) is 6.10 Å². The largest absolute Gasteiger partial charge is 0.479 e. The predicted octanol–water partition coefficient (Wildman–Crippen LogP) is 0.163. The molecule has 2 amide bonds. The van der Waals surface area contributed by atoms with E-state index in [1.54, 1.807) is 0 Å². The summed E-state index contributed by atoms with van der Waals surface area (Å²) in [5.41, 5.74) is 6.73. The smallest absolute Gasteiger partial charge is 0.431 e. The number of nitrogens with one attached hydrogen (secondary N) is 1. The SMILES string of the molecule is CCCCOC(=O)NO[C@H](CCC(N)=O)C(=O)O. The van der Waals surface area contributed by atoms with Crippen molar-refractivity contribution in [2.75, 3.05) is 6.61 Å². The number of hydroxylamine groups is 1. The number of carboxylic acids is 1. The number of carbonyl (C=O) groups excluding carboxylic acids is 2. The lowest BCUT2D eigenvalue weighted by atomic mass is 10.2. The van der Waals surface area contributed by atoms with Crippen LogP contribution in [0.5, 0.6) is 0 Å². The maximum absolute atomic E-state index is 11.0. The number of unbranched alkanes of at least 4 members (excludes halogenated alkanes) is 1. The summed E-state index contributed by atoms with van der Waals surface area (Å²) in [6.07, 6.45) is -0.907. The van der Waals surface area contributed by atoms with Crippen molar-refractivity contribution < 1.29 is 29.1 Å². The van der Waals surface area contributed by atoms with E-state index in [4.69, 9.17) is 10.8 Å². The van der Waals surface area contributed by atoms with E-state index in [0.29, 0.717) is 6.42 Å². The number of hydrogen-bond acceptors (Lipinski definition) is 5. The third kappa shape index (κ3) is 8.34. The van der Waals surface area contributed by atoms with Crippen LogP contribution < -0.4 is 11.2 Å². The monoisotopic (exact) mass is 262 g/mol. The molecule has 8 heteroatoms. The summed E-state index contributed by atoms with van der Waals surface area (Å²) in [5, 5.41) is 8.74. The van der Waals surface area contributed by atoms with Crippen LogP contribution in [0.15, 0.2) is 0 Å². The second kappa shape index (κ2) is 9.23. The van der Waals surface area contributed by atoms with Crippen molar-refractivity contribution >= 4 is 18.0 Å². The first-order valence-electron chi connectivity index (χ1n) is 5.56. The van der Waals surface area contributed by atoms with Crippen LogP contribution in [0, 0.1) is 0 Å². The molecule has 0 aromatic rings. The number of carbonyl (C=O) groups is 3. The number of rotatable bonds is 9. The van der Waals surface area contributed by atoms with E-state index < -0.39 is 24.1 Å². The van der Waals surface area contributed by atoms with Gasteiger partial charge in [-0.15, -0.1) is 0 Å². The molecule has 0 bridgehead atoms. The molecule has 0 aliphatic carbocycles. The number of hydrogen-bond donors (Lipinski definition) is 3. The van der Waals surface area contributed by atoms with Crippen LogP contribution in [0.1, 0.15) is 32.6 Å². The number of amides is 2. The first-order chi connectivity index (χ1) is 8.47. The van der Waals surface area contributed by atoms with Gasteiger partial charge in [0.05, 0.1) is 6.61 Å². The van der Waals surface area contributed by atoms with Crippen molar-refractivity contribution in [3.8, 4) is 0 Å². The Morgan fingerprint density at radius 2 is 2.06 bits per heavy atom. The maximum atomic E-state index is 11.0. The zero-order valence-electron chi connectivity index (χ0n) is 10.2. The zero-order chi connectivity index (χ0) is 14.0. The van der Waals surface area contributed by atoms with Crippen LogP contribution in [-0.2, 0) is 19.2 Å². The van der Waals surface area contributed by atoms with Crippen LogP contribution in [0.25, 0.3) is 0 Å². The molecule has 4 N–H and O–H groups in total. The van der Waals surface area contributed by atoms with Crippen LogP contribution in [0.2, 0.25) is 0 Å². The molecule has 0 aliphatic heterocycles. The van der Waals surface area contributed by atoms with Gasteiger partial charge in [0.2, 0.25) is 5.91 Å². The second-order valence-corrected chi connectivity index (χ2v) is 3.54. The summed E-state index contributed by atoms with van der Waals surface area (Å²) in [7, 11) is 0. The quantitative estimate of drug-likeness (QED) is 0.401. The Labute approximate surface area is 104 Å². The van der Waals surface area contributed by atoms with E-state index in [2.05, 4.69) is 9.57 Å². The van der Waals surface area contributed by atoms with Crippen molar-refractivity contribution in [2.45, 2.75) is 38.7 Å². The highest BCUT2D eigenvalue weighted by molar-refractivity contribution is 5.76. The van der Waals surface area contributed by atoms with Gasteiger partial charge in [-0.3, -0.25) is 9.63 Å². The number of primary amides is 1. The topological polar surface area (TPSA) is 128 Å². The van der Waals surface area contributed by atoms with E-state index in [9.17, 15) is 14.4 Å². The normalized spacial score (nSPS) is 11.6. The third-order valence-electron chi connectivity index (χ3n) is 1.94. The molecule has 1 atom stereocenters. The lowest BCUT2D eigenvalue weighted by Gasteiger charge is -2.12. The molecule has 0 saturated carbocycles. The predicted molar refractivity (Wildman–Crippen MR) is 60.3 cm³/mol. The minimum absolute atomic E-state index is 0.125. The van der Waals surface area contributed by atoms with E-state index >= 15 is 0 Å². The van der Waals surface area contributed by atoms with Crippen molar-refractivity contribution in [1.29, 1.82) is 0 Å². The number of nitrogens with two attached hydrogens (primary N) is 1. The van der Waals surface area contributed by atoms with Gasteiger partial charge in [-0.2, -0.15) is 5.48 Å². The maximum Gasteiger partial charge on any atom is 0.431 e. The van der Waals surface area contributed by atoms with Gasteiger partial charge in [0.1, 0.15) is 0 Å². The molecule has 0 aromatic heterocycles. The summed E-state index contributed by atoms with van der Waals surface area (Å²) >= 11 is 0. The van der Waals surface area contributed by atoms with Gasteiger partial charge < -0.3 is 15.6 Å². The van der Waals surface area contributed by atoms with E-state index in [0.717, 1.165) is 6.42 Å². The van der Waals surface area contributed by atoms with Crippen molar-refractivity contribution in [1.82, 2.24) is 5.48 Å². The summed E-state index contributed by atoms with van der Waals surface area (Å²) in [6, 6.07) is 0. The number of carboxylic acid groups (broad SMARTS) is 1. The van der Waals surface area contributed by atoms with Crippen molar-refractivity contribution in [2.24, 2.45) is 5.73 Å². The molecule has 0 saturated heterocycles. The average molecular weight is 262 g/mol. The first kappa shape index (κ1) is 16.2. The molecule has 104 valence electrons. The Bertz CT molecular complexity index is 294. The fourth-order valence-corrected chi connectivity index (χ4v) is 0.964. The Kier molecular flexibility index (Phi) is 8.29. The minimum atomic E-state index is -1.34. The molecule has 0 spiro atoms. The Hall–Kier alpha value is -1.83. The Morgan fingerprint density at radius 3 is 2.56 bits per heavy atom. The summed E-state index contributed by atoms with van der Waals surface area (Å²) in [4.78, 5) is 36.9. The van der Waals surface area contributed by atoms with Gasteiger partial charge >= 0.3 is 12.1 Å². The molecular weight excluding hydrogens is 244 g/mol. The van der Waals surface area contributed by atoms with E-state index in [1.165, 1.54) is 0 Å². The standard InChI is InChI=1S/C10H18N2O6/c1-2-3-6-17-10(16)12-18-7(9(14)15)4-5-8(11)13/h7H,2-6H2,1H3,(H2,11,13)(H,12,16)(H,14,15)/t7-/m1/s1. The molecule has 0 aliphatic rings. The van der Waals surface area contributed by atoms with E-state index in [1.807, 2.05) is 12.4 Å². The van der Waals surface area contributed by atoms with Crippen LogP contribution in [-0.4, -0.2) is 35.8 Å². The summed E-state index contributed by atoms with van der Waals surface area (Å²) < 4.78 is 4.68. The van der Waals surface area contributed by atoms with Crippen molar-refractivity contribution in [3.63, 3.8) is 0 Å². The molecule has 0 fully saturated rings. The Morgan fingerprint density at radius 1 is 1.39 bits per heavy atom. The van der Waals surface area contributed by atoms with Crippen LogP contribution in [0.3, 0.4) is 0 Å². The lowest BCUT2D eigenvalue weighted by molar-refractivity contribution is -0.155. The molecule has 0 unspecified atom stereocenters.